The Morgan fingerprint density at radius 1 is 1.45 bits per heavy atom. The number of aryl methyl sites for hydroxylation is 1. The topological polar surface area (TPSA) is 40.5 Å². The molecule has 0 radical (unpaired) electrons. The van der Waals surface area contributed by atoms with Crippen LogP contribution in [-0.2, 0) is 6.54 Å². The Morgan fingerprint density at radius 2 is 2.14 bits per heavy atom. The van der Waals surface area contributed by atoms with Crippen LogP contribution in [0.3, 0.4) is 0 Å². The van der Waals surface area contributed by atoms with E-state index in [2.05, 4.69) is 46.5 Å². The summed E-state index contributed by atoms with van der Waals surface area (Å²) in [5.41, 5.74) is 1.44. The van der Waals surface area contributed by atoms with Crippen LogP contribution in [0.15, 0.2) is 10.4 Å². The van der Waals surface area contributed by atoms with Gasteiger partial charge in [-0.05, 0) is 31.1 Å². The number of hydrogen-bond acceptors (Lipinski definition) is 3. The lowest BCUT2D eigenvalue weighted by molar-refractivity contribution is 0.216. The van der Waals surface area contributed by atoms with Crippen LogP contribution >= 0.6 is 11.3 Å². The highest BCUT2D eigenvalue weighted by atomic mass is 32.1. The first-order valence-electron chi connectivity index (χ1n) is 8.25. The summed E-state index contributed by atoms with van der Waals surface area (Å²) in [6.45, 7) is 8.59. The van der Waals surface area contributed by atoms with Crippen molar-refractivity contribution < 1.29 is 0 Å². The summed E-state index contributed by atoms with van der Waals surface area (Å²) in [4.78, 5) is 11.1. The highest BCUT2D eigenvalue weighted by Gasteiger charge is 2.31. The Bertz CT molecular complexity index is 501. The van der Waals surface area contributed by atoms with E-state index in [1.165, 1.54) is 25.7 Å². The molecule has 0 unspecified atom stereocenters. The highest BCUT2D eigenvalue weighted by molar-refractivity contribution is 7.09. The summed E-state index contributed by atoms with van der Waals surface area (Å²) in [5, 5.41) is 6.81. The van der Waals surface area contributed by atoms with Gasteiger partial charge in [0.1, 0.15) is 0 Å². The van der Waals surface area contributed by atoms with Crippen LogP contribution in [-0.4, -0.2) is 36.5 Å². The van der Waals surface area contributed by atoms with Crippen LogP contribution in [0.1, 0.15) is 50.2 Å². The van der Waals surface area contributed by atoms with Crippen LogP contribution in [0.5, 0.6) is 0 Å². The Kier molecular flexibility index (Phi) is 5.84. The average Bonchev–Trinajstić information content (AvgIpc) is 3.11. The first-order valence-corrected chi connectivity index (χ1v) is 9.13. The molecule has 5 heteroatoms. The fourth-order valence-corrected chi connectivity index (χ4v) is 3.95. The van der Waals surface area contributed by atoms with Crippen molar-refractivity contribution in [2.24, 2.45) is 16.3 Å². The minimum absolute atomic E-state index is 0.324. The van der Waals surface area contributed by atoms with E-state index in [1.54, 1.807) is 11.3 Å². The maximum absolute atomic E-state index is 4.53. The van der Waals surface area contributed by atoms with Gasteiger partial charge in [-0.3, -0.25) is 4.99 Å². The molecule has 0 bridgehead atoms. The first-order chi connectivity index (χ1) is 10.4. The second-order valence-electron chi connectivity index (χ2n) is 7.08. The molecule has 0 spiro atoms. The monoisotopic (exact) mass is 322 g/mol. The zero-order valence-corrected chi connectivity index (χ0v) is 15.5. The van der Waals surface area contributed by atoms with Gasteiger partial charge < -0.3 is 10.2 Å². The minimum atomic E-state index is 0.324. The molecular formula is C17H30N4S. The van der Waals surface area contributed by atoms with Crippen LogP contribution in [0, 0.1) is 18.3 Å². The van der Waals surface area contributed by atoms with Crippen molar-refractivity contribution in [1.82, 2.24) is 15.2 Å². The standard InChI is InChI=1S/C17H30N4S/c1-13-20-15(11-22-13)10-21(5)16(18-4)19-12-17(2,3)14-8-6-7-9-14/h11,14H,6-10,12H2,1-5H3,(H,18,19). The van der Waals surface area contributed by atoms with E-state index in [4.69, 9.17) is 0 Å². The van der Waals surface area contributed by atoms with Gasteiger partial charge in [-0.1, -0.05) is 26.7 Å². The van der Waals surface area contributed by atoms with Gasteiger partial charge in [0.15, 0.2) is 5.96 Å². The van der Waals surface area contributed by atoms with Crippen molar-refractivity contribution in [3.05, 3.63) is 16.1 Å². The number of nitrogens with zero attached hydrogens (tertiary/aromatic N) is 3. The Labute approximate surface area is 139 Å². The van der Waals surface area contributed by atoms with Gasteiger partial charge in [-0.2, -0.15) is 0 Å². The molecular weight excluding hydrogens is 292 g/mol. The molecule has 1 aromatic heterocycles. The third-order valence-electron chi connectivity index (χ3n) is 4.80. The smallest absolute Gasteiger partial charge is 0.193 e. The molecule has 0 aromatic carbocycles. The largest absolute Gasteiger partial charge is 0.356 e. The van der Waals surface area contributed by atoms with Gasteiger partial charge in [0.2, 0.25) is 0 Å². The number of nitrogens with one attached hydrogen (secondary N) is 1. The zero-order chi connectivity index (χ0) is 16.2. The normalized spacial score (nSPS) is 17.0. The Morgan fingerprint density at radius 3 is 2.68 bits per heavy atom. The minimum Gasteiger partial charge on any atom is -0.356 e. The molecule has 1 saturated carbocycles. The summed E-state index contributed by atoms with van der Waals surface area (Å²) in [5.74, 6) is 1.79. The van der Waals surface area contributed by atoms with Gasteiger partial charge in [0.25, 0.3) is 0 Å². The Hall–Kier alpha value is -1.10. The van der Waals surface area contributed by atoms with Gasteiger partial charge >= 0.3 is 0 Å². The molecule has 2 rings (SSSR count). The number of rotatable bonds is 5. The summed E-state index contributed by atoms with van der Waals surface area (Å²) in [7, 11) is 3.93. The van der Waals surface area contributed by atoms with Crippen LogP contribution in [0.25, 0.3) is 0 Å². The molecule has 1 fully saturated rings. The molecule has 1 heterocycles. The fraction of sp³-hybridized carbons (Fsp3) is 0.765. The molecule has 1 N–H and O–H groups in total. The predicted molar refractivity (Wildman–Crippen MR) is 95.4 cm³/mol. The quantitative estimate of drug-likeness (QED) is 0.664. The molecule has 0 amide bonds. The van der Waals surface area contributed by atoms with E-state index >= 15 is 0 Å². The van der Waals surface area contributed by atoms with Crippen LogP contribution < -0.4 is 5.32 Å². The lowest BCUT2D eigenvalue weighted by Gasteiger charge is -2.33. The van der Waals surface area contributed by atoms with Gasteiger partial charge in [0.05, 0.1) is 17.2 Å². The van der Waals surface area contributed by atoms with Crippen molar-refractivity contribution >= 4 is 17.3 Å². The molecule has 4 nitrogen and oxygen atoms in total. The van der Waals surface area contributed by atoms with E-state index < -0.39 is 0 Å². The molecule has 0 aliphatic heterocycles. The van der Waals surface area contributed by atoms with Crippen molar-refractivity contribution in [3.8, 4) is 0 Å². The maximum Gasteiger partial charge on any atom is 0.193 e. The van der Waals surface area contributed by atoms with Crippen LogP contribution in [0.4, 0.5) is 0 Å². The Balaban J connectivity index is 1.88. The lowest BCUT2D eigenvalue weighted by Crippen LogP contribution is -2.44. The molecule has 0 saturated heterocycles. The maximum atomic E-state index is 4.53. The SMILES string of the molecule is CN=C(NCC(C)(C)C1CCCC1)N(C)Cc1csc(C)n1. The van der Waals surface area contributed by atoms with Crippen molar-refractivity contribution in [1.29, 1.82) is 0 Å². The third kappa shape index (κ3) is 4.45. The molecule has 22 heavy (non-hydrogen) atoms. The molecule has 124 valence electrons. The number of thiazole rings is 1. The zero-order valence-electron chi connectivity index (χ0n) is 14.6. The van der Waals surface area contributed by atoms with E-state index in [0.717, 1.165) is 35.7 Å². The van der Waals surface area contributed by atoms with Crippen LogP contribution in [0.2, 0.25) is 0 Å². The molecule has 1 aliphatic carbocycles. The predicted octanol–water partition coefficient (Wildman–Crippen LogP) is 3.68. The van der Waals surface area contributed by atoms with E-state index in [1.807, 2.05) is 14.0 Å². The van der Waals surface area contributed by atoms with Gasteiger partial charge in [-0.15, -0.1) is 11.3 Å². The second kappa shape index (κ2) is 7.44. The summed E-state index contributed by atoms with van der Waals surface area (Å²) in [6.07, 6.45) is 5.54. The van der Waals surface area contributed by atoms with E-state index in [9.17, 15) is 0 Å². The van der Waals surface area contributed by atoms with Crippen molar-refractivity contribution in [3.63, 3.8) is 0 Å². The molecule has 1 aliphatic rings. The van der Waals surface area contributed by atoms with Gasteiger partial charge in [0, 0.05) is 26.0 Å². The number of hydrogen-bond donors (Lipinski definition) is 1. The number of guanidine groups is 1. The van der Waals surface area contributed by atoms with E-state index in [0.29, 0.717) is 5.41 Å². The lowest BCUT2D eigenvalue weighted by atomic mass is 9.78. The van der Waals surface area contributed by atoms with Gasteiger partial charge in [-0.25, -0.2) is 4.98 Å². The first kappa shape index (κ1) is 17.3. The third-order valence-corrected chi connectivity index (χ3v) is 5.62. The second-order valence-corrected chi connectivity index (χ2v) is 8.15. The average molecular weight is 323 g/mol. The highest BCUT2D eigenvalue weighted by Crippen LogP contribution is 2.39. The number of aromatic nitrogens is 1. The number of aliphatic imine (C=N–C) groups is 1. The fourth-order valence-electron chi connectivity index (χ4n) is 3.34. The summed E-state index contributed by atoms with van der Waals surface area (Å²) >= 11 is 1.70. The molecule has 0 atom stereocenters. The van der Waals surface area contributed by atoms with E-state index in [-0.39, 0.29) is 0 Å². The summed E-state index contributed by atoms with van der Waals surface area (Å²) < 4.78 is 0. The summed E-state index contributed by atoms with van der Waals surface area (Å²) in [6, 6.07) is 0. The van der Waals surface area contributed by atoms with Crippen molar-refractivity contribution in [2.75, 3.05) is 20.6 Å². The molecule has 1 aromatic rings. The van der Waals surface area contributed by atoms with Crippen molar-refractivity contribution in [2.45, 2.75) is 53.0 Å².